The van der Waals surface area contributed by atoms with Gasteiger partial charge >= 0.3 is 5.97 Å². The molecule has 4 aromatic carbocycles. The van der Waals surface area contributed by atoms with Crippen LogP contribution in [0, 0.1) is 0 Å². The first kappa shape index (κ1) is 22.3. The van der Waals surface area contributed by atoms with Gasteiger partial charge in [0.25, 0.3) is 0 Å². The summed E-state index contributed by atoms with van der Waals surface area (Å²) in [7, 11) is 0. The fourth-order valence-corrected chi connectivity index (χ4v) is 6.84. The number of para-hydroxylation sites is 1. The van der Waals surface area contributed by atoms with Gasteiger partial charge in [0.1, 0.15) is 0 Å². The normalized spacial score (nSPS) is 16.8. The van der Waals surface area contributed by atoms with Gasteiger partial charge in [-0.1, -0.05) is 54.6 Å². The molecule has 1 unspecified atom stereocenters. The maximum Gasteiger partial charge on any atom is 0.335 e. The van der Waals surface area contributed by atoms with Crippen molar-refractivity contribution in [3.05, 3.63) is 108 Å². The molecule has 0 spiro atoms. The topological polar surface area (TPSA) is 43.8 Å². The molecule has 2 heterocycles. The van der Waals surface area contributed by atoms with E-state index in [-0.39, 0.29) is 6.04 Å². The van der Waals surface area contributed by atoms with Crippen molar-refractivity contribution in [2.24, 2.45) is 0 Å². The van der Waals surface area contributed by atoms with Gasteiger partial charge in [0.15, 0.2) is 0 Å². The number of rotatable bonds is 4. The molecule has 0 aromatic heterocycles. The highest BCUT2D eigenvalue weighted by Gasteiger charge is 2.36. The third kappa shape index (κ3) is 4.01. The summed E-state index contributed by atoms with van der Waals surface area (Å²) in [6.45, 7) is 1.77. The van der Waals surface area contributed by atoms with Crippen LogP contribution >= 0.6 is 23.7 Å². The molecule has 2 aliphatic rings. The second kappa shape index (κ2) is 9.11. The first-order chi connectivity index (χ1) is 17.1. The van der Waals surface area contributed by atoms with E-state index >= 15 is 0 Å². The van der Waals surface area contributed by atoms with Crippen molar-refractivity contribution in [3.63, 3.8) is 0 Å². The number of carbonyl (C=O) groups is 1. The van der Waals surface area contributed by atoms with Crippen LogP contribution in [0.5, 0.6) is 0 Å². The van der Waals surface area contributed by atoms with Crippen LogP contribution in [0.1, 0.15) is 27.5 Å². The molecular formula is C29H24N2O2S2. The average molecular weight is 497 g/mol. The largest absolute Gasteiger partial charge is 0.478 e. The highest BCUT2D eigenvalue weighted by molar-refractivity contribution is 7.98. The van der Waals surface area contributed by atoms with Crippen molar-refractivity contribution in [3.8, 4) is 11.1 Å². The molecule has 0 amide bonds. The number of benzene rings is 4. The molecule has 4 nitrogen and oxygen atoms in total. The molecule has 0 saturated heterocycles. The number of thioether (sulfide) groups is 1. The maximum absolute atomic E-state index is 11.6. The van der Waals surface area contributed by atoms with E-state index in [4.69, 9.17) is 0 Å². The Morgan fingerprint density at radius 1 is 0.971 bits per heavy atom. The number of hydrogen-bond donors (Lipinski definition) is 1. The van der Waals surface area contributed by atoms with Crippen LogP contribution in [0.4, 0.5) is 11.4 Å². The third-order valence-corrected chi connectivity index (χ3v) is 8.64. The van der Waals surface area contributed by atoms with Crippen LogP contribution in [0.3, 0.4) is 0 Å². The van der Waals surface area contributed by atoms with Crippen LogP contribution in [-0.2, 0) is 6.54 Å². The van der Waals surface area contributed by atoms with E-state index < -0.39 is 5.97 Å². The van der Waals surface area contributed by atoms with Gasteiger partial charge in [-0.05, 0) is 76.9 Å². The molecule has 1 N–H and O–H groups in total. The molecule has 0 aliphatic carbocycles. The summed E-state index contributed by atoms with van der Waals surface area (Å²) >= 11 is 3.50. The zero-order chi connectivity index (χ0) is 23.9. The summed E-state index contributed by atoms with van der Waals surface area (Å²) < 4.78 is 2.49. The molecule has 0 bridgehead atoms. The Bertz CT molecular complexity index is 1420. The Hall–Kier alpha value is -3.19. The average Bonchev–Trinajstić information content (AvgIpc) is 3.15. The van der Waals surface area contributed by atoms with E-state index in [2.05, 4.69) is 82.2 Å². The smallest absolute Gasteiger partial charge is 0.335 e. The Balaban J connectivity index is 1.52. The lowest BCUT2D eigenvalue weighted by molar-refractivity contribution is 0.0697. The van der Waals surface area contributed by atoms with Gasteiger partial charge in [0.2, 0.25) is 0 Å². The Morgan fingerprint density at radius 3 is 2.57 bits per heavy atom. The van der Waals surface area contributed by atoms with Gasteiger partial charge in [0, 0.05) is 28.6 Å². The lowest BCUT2D eigenvalue weighted by Gasteiger charge is -2.28. The minimum absolute atomic E-state index is 0.278. The van der Waals surface area contributed by atoms with Crippen molar-refractivity contribution in [1.82, 2.24) is 4.31 Å². The molecule has 0 radical (unpaired) electrons. The first-order valence-corrected chi connectivity index (χ1v) is 13.5. The fourth-order valence-electron chi connectivity index (χ4n) is 5.02. The first-order valence-electron chi connectivity index (χ1n) is 11.5. The predicted octanol–water partition coefficient (Wildman–Crippen LogP) is 7.49. The van der Waals surface area contributed by atoms with Crippen molar-refractivity contribution in [2.75, 3.05) is 17.7 Å². The second-order valence-electron chi connectivity index (χ2n) is 8.73. The van der Waals surface area contributed by atoms with E-state index in [0.717, 1.165) is 29.1 Å². The maximum atomic E-state index is 11.6. The van der Waals surface area contributed by atoms with Gasteiger partial charge in [-0.15, -0.1) is 11.8 Å². The summed E-state index contributed by atoms with van der Waals surface area (Å²) in [4.78, 5) is 16.4. The van der Waals surface area contributed by atoms with E-state index in [1.807, 2.05) is 24.1 Å². The fraction of sp³-hybridized carbons (Fsp3) is 0.138. The molecule has 6 heteroatoms. The van der Waals surface area contributed by atoms with Crippen molar-refractivity contribution in [1.29, 1.82) is 0 Å². The van der Waals surface area contributed by atoms with Crippen molar-refractivity contribution < 1.29 is 9.90 Å². The number of hydrogen-bond acceptors (Lipinski definition) is 5. The molecule has 2 aliphatic heterocycles. The molecule has 174 valence electrons. The van der Waals surface area contributed by atoms with E-state index in [1.54, 1.807) is 23.9 Å². The minimum atomic E-state index is -0.908. The minimum Gasteiger partial charge on any atom is -0.478 e. The molecular weight excluding hydrogens is 472 g/mol. The van der Waals surface area contributed by atoms with Gasteiger partial charge in [0.05, 0.1) is 17.3 Å². The van der Waals surface area contributed by atoms with Gasteiger partial charge < -0.3 is 10.0 Å². The second-order valence-corrected chi connectivity index (χ2v) is 10.7. The van der Waals surface area contributed by atoms with E-state index in [9.17, 15) is 9.90 Å². The summed E-state index contributed by atoms with van der Waals surface area (Å²) in [5.41, 5.74) is 7.44. The standard InChI is InChI=1S/C29H24N2O2S2/c1-34-27-16-25-28(15-24(27)19-9-7-10-20(14-19)29(32)33)35-31-17-21-8-5-6-13-23(21)26(31)18-30(25)22-11-3-2-4-12-22/h2-16,26H,17-18H2,1H3,(H,32,33). The van der Waals surface area contributed by atoms with Crippen LogP contribution < -0.4 is 4.90 Å². The van der Waals surface area contributed by atoms with Crippen LogP contribution in [0.15, 0.2) is 101 Å². The molecule has 35 heavy (non-hydrogen) atoms. The molecule has 0 fully saturated rings. The SMILES string of the molecule is CSc1cc2c(cc1-c1cccc(C(=O)O)c1)SN1Cc3ccccc3C1CN2c1ccccc1. The van der Waals surface area contributed by atoms with Gasteiger partial charge in [-0.25, -0.2) is 9.10 Å². The lowest BCUT2D eigenvalue weighted by Crippen LogP contribution is -2.26. The Labute approximate surface area is 213 Å². The molecule has 0 saturated carbocycles. The number of fused-ring (bicyclic) bond motifs is 4. The predicted molar refractivity (Wildman–Crippen MR) is 145 cm³/mol. The zero-order valence-corrected chi connectivity index (χ0v) is 20.9. The van der Waals surface area contributed by atoms with Crippen molar-refractivity contribution >= 4 is 41.1 Å². The van der Waals surface area contributed by atoms with E-state index in [0.29, 0.717) is 5.56 Å². The van der Waals surface area contributed by atoms with Crippen molar-refractivity contribution in [2.45, 2.75) is 22.4 Å². The lowest BCUT2D eigenvalue weighted by atomic mass is 10.0. The summed E-state index contributed by atoms with van der Waals surface area (Å²) in [6, 6.07) is 31.4. The number of carboxylic acids is 1. The summed E-state index contributed by atoms with van der Waals surface area (Å²) in [5.74, 6) is -0.908. The Kier molecular flexibility index (Phi) is 5.80. The third-order valence-electron chi connectivity index (χ3n) is 6.72. The quantitative estimate of drug-likeness (QED) is 0.233. The number of nitrogens with zero attached hydrogens (tertiary/aromatic N) is 2. The van der Waals surface area contributed by atoms with Crippen LogP contribution in [-0.4, -0.2) is 28.2 Å². The number of aromatic carboxylic acids is 1. The highest BCUT2D eigenvalue weighted by Crippen LogP contribution is 2.51. The highest BCUT2D eigenvalue weighted by atomic mass is 32.2. The van der Waals surface area contributed by atoms with Crippen LogP contribution in [0.25, 0.3) is 11.1 Å². The van der Waals surface area contributed by atoms with E-state index in [1.165, 1.54) is 27.4 Å². The number of anilines is 2. The molecule has 1 atom stereocenters. The van der Waals surface area contributed by atoms with Crippen LogP contribution in [0.2, 0.25) is 0 Å². The summed E-state index contributed by atoms with van der Waals surface area (Å²) in [6.07, 6.45) is 2.08. The molecule has 4 aromatic rings. The Morgan fingerprint density at radius 2 is 1.77 bits per heavy atom. The zero-order valence-electron chi connectivity index (χ0n) is 19.2. The monoisotopic (exact) mass is 496 g/mol. The van der Waals surface area contributed by atoms with Gasteiger partial charge in [-0.2, -0.15) is 0 Å². The number of carboxylic acid groups (broad SMARTS) is 1. The summed E-state index contributed by atoms with van der Waals surface area (Å²) in [5, 5.41) is 9.54. The molecule has 6 rings (SSSR count). The van der Waals surface area contributed by atoms with Gasteiger partial charge in [-0.3, -0.25) is 0 Å².